The van der Waals surface area contributed by atoms with Crippen molar-refractivity contribution >= 4 is 17.6 Å². The highest BCUT2D eigenvalue weighted by atomic mass is 19.1. The fraction of sp³-hybridized carbons (Fsp3) is 0.222. The van der Waals surface area contributed by atoms with Gasteiger partial charge in [0.15, 0.2) is 0 Å². The summed E-state index contributed by atoms with van der Waals surface area (Å²) in [6.45, 7) is 1.20. The molecule has 2 aromatic carbocycles. The molecule has 3 N–H and O–H groups in total. The summed E-state index contributed by atoms with van der Waals surface area (Å²) < 4.78 is 13.8. The van der Waals surface area contributed by atoms with Gasteiger partial charge in [0.05, 0.1) is 5.56 Å². The van der Waals surface area contributed by atoms with Crippen LogP contribution in [0.3, 0.4) is 0 Å². The van der Waals surface area contributed by atoms with Crippen molar-refractivity contribution in [3.8, 4) is 0 Å². The molecule has 0 fully saturated rings. The Balaban J connectivity index is 1.68. The third kappa shape index (κ3) is 3.37. The van der Waals surface area contributed by atoms with E-state index in [0.29, 0.717) is 18.8 Å². The van der Waals surface area contributed by atoms with E-state index in [1.165, 1.54) is 23.3 Å². The molecule has 6 heteroatoms. The molecule has 3 amide bonds. The number of hydrogen-bond acceptors (Lipinski definition) is 2. The fourth-order valence-corrected chi connectivity index (χ4v) is 2.87. The smallest absolute Gasteiger partial charge is 0.321 e. The Kier molecular flexibility index (Phi) is 4.46. The predicted octanol–water partition coefficient (Wildman–Crippen LogP) is 2.56. The van der Waals surface area contributed by atoms with E-state index in [4.69, 9.17) is 5.73 Å². The number of anilines is 1. The average molecular weight is 327 g/mol. The number of fused-ring (bicyclic) bond motifs is 1. The molecule has 24 heavy (non-hydrogen) atoms. The molecule has 0 aromatic heterocycles. The van der Waals surface area contributed by atoms with Gasteiger partial charge < -0.3 is 16.0 Å². The van der Waals surface area contributed by atoms with E-state index in [1.54, 1.807) is 4.90 Å². The molecule has 1 aliphatic rings. The summed E-state index contributed by atoms with van der Waals surface area (Å²) in [4.78, 5) is 25.1. The van der Waals surface area contributed by atoms with Crippen molar-refractivity contribution in [2.75, 3.05) is 18.4 Å². The molecule has 5 nitrogen and oxygen atoms in total. The van der Waals surface area contributed by atoms with Crippen molar-refractivity contribution in [1.82, 2.24) is 4.90 Å². The molecule has 2 aromatic rings. The van der Waals surface area contributed by atoms with Gasteiger partial charge in [-0.25, -0.2) is 9.18 Å². The van der Waals surface area contributed by atoms with Gasteiger partial charge in [-0.2, -0.15) is 0 Å². The zero-order valence-electron chi connectivity index (χ0n) is 13.1. The number of carbonyl (C=O) groups is 2. The van der Waals surface area contributed by atoms with E-state index in [-0.39, 0.29) is 11.6 Å². The molecule has 0 spiro atoms. The quantitative estimate of drug-likeness (QED) is 0.889. The number of halogens is 1. The lowest BCUT2D eigenvalue weighted by molar-refractivity contribution is 0.0996. The van der Waals surface area contributed by atoms with Crippen molar-refractivity contribution in [2.45, 2.75) is 12.8 Å². The monoisotopic (exact) mass is 327 g/mol. The second-order valence-corrected chi connectivity index (χ2v) is 5.74. The van der Waals surface area contributed by atoms with E-state index in [1.807, 2.05) is 12.1 Å². The van der Waals surface area contributed by atoms with Gasteiger partial charge in [-0.3, -0.25) is 4.79 Å². The molecule has 0 bridgehead atoms. The molecule has 0 unspecified atom stereocenters. The number of amides is 3. The number of nitrogens with two attached hydrogens (primary N) is 1. The van der Waals surface area contributed by atoms with E-state index in [2.05, 4.69) is 17.4 Å². The molecule has 0 aliphatic carbocycles. The lowest BCUT2D eigenvalue weighted by Gasteiger charge is -2.21. The molecule has 124 valence electrons. The van der Waals surface area contributed by atoms with Gasteiger partial charge in [0.1, 0.15) is 5.82 Å². The minimum absolute atomic E-state index is 0.196. The Morgan fingerprint density at radius 3 is 2.21 bits per heavy atom. The number of benzene rings is 2. The van der Waals surface area contributed by atoms with E-state index < -0.39 is 11.7 Å². The molecule has 0 saturated carbocycles. The predicted molar refractivity (Wildman–Crippen MR) is 89.4 cm³/mol. The second kappa shape index (κ2) is 6.70. The van der Waals surface area contributed by atoms with Crippen LogP contribution in [0, 0.1) is 5.82 Å². The Hall–Kier alpha value is -2.89. The minimum Gasteiger partial charge on any atom is -0.366 e. The summed E-state index contributed by atoms with van der Waals surface area (Å²) in [7, 11) is 0. The van der Waals surface area contributed by atoms with Gasteiger partial charge >= 0.3 is 6.03 Å². The van der Waals surface area contributed by atoms with Crippen LogP contribution in [0.15, 0.2) is 42.5 Å². The standard InChI is InChI=1S/C18H18FN3O2/c19-16-11-14(5-6-15(16)17(20)23)21-18(24)22-9-7-12-3-1-2-4-13(12)8-10-22/h1-6,11H,7-10H2,(H2,20,23)(H,21,24). The molecular weight excluding hydrogens is 309 g/mol. The normalized spacial score (nSPS) is 13.8. The van der Waals surface area contributed by atoms with Crippen molar-refractivity contribution in [3.63, 3.8) is 0 Å². The van der Waals surface area contributed by atoms with Crippen LogP contribution in [-0.2, 0) is 12.8 Å². The SMILES string of the molecule is NC(=O)c1ccc(NC(=O)N2CCc3ccccc3CC2)cc1F. The summed E-state index contributed by atoms with van der Waals surface area (Å²) in [6.07, 6.45) is 1.58. The van der Waals surface area contributed by atoms with Crippen LogP contribution < -0.4 is 11.1 Å². The van der Waals surface area contributed by atoms with Crippen LogP contribution in [0.4, 0.5) is 14.9 Å². The summed E-state index contributed by atoms with van der Waals surface area (Å²) in [5.41, 5.74) is 7.68. The largest absolute Gasteiger partial charge is 0.366 e. The molecule has 3 rings (SSSR count). The number of nitrogens with zero attached hydrogens (tertiary/aromatic N) is 1. The first-order chi connectivity index (χ1) is 11.5. The maximum absolute atomic E-state index is 13.8. The maximum atomic E-state index is 13.8. The number of rotatable bonds is 2. The van der Waals surface area contributed by atoms with Crippen molar-refractivity contribution in [2.24, 2.45) is 5.73 Å². The summed E-state index contributed by atoms with van der Waals surface area (Å²) in [6, 6.07) is 11.7. The van der Waals surface area contributed by atoms with E-state index in [0.717, 1.165) is 18.9 Å². The van der Waals surface area contributed by atoms with Crippen LogP contribution in [-0.4, -0.2) is 29.9 Å². The van der Waals surface area contributed by atoms with Gasteiger partial charge in [0.2, 0.25) is 0 Å². The van der Waals surface area contributed by atoms with Crippen LogP contribution in [0.2, 0.25) is 0 Å². The van der Waals surface area contributed by atoms with Gasteiger partial charge in [0, 0.05) is 18.8 Å². The molecule has 1 aliphatic heterocycles. The summed E-state index contributed by atoms with van der Waals surface area (Å²) in [5.74, 6) is -1.58. The highest BCUT2D eigenvalue weighted by molar-refractivity contribution is 5.94. The van der Waals surface area contributed by atoms with Gasteiger partial charge in [0.25, 0.3) is 5.91 Å². The van der Waals surface area contributed by atoms with E-state index in [9.17, 15) is 14.0 Å². The zero-order chi connectivity index (χ0) is 17.1. The average Bonchev–Trinajstić information content (AvgIpc) is 2.77. The van der Waals surface area contributed by atoms with Crippen LogP contribution in [0.5, 0.6) is 0 Å². The number of nitrogens with one attached hydrogen (secondary N) is 1. The lowest BCUT2D eigenvalue weighted by Crippen LogP contribution is -2.36. The third-order valence-corrected chi connectivity index (χ3v) is 4.19. The minimum atomic E-state index is -0.837. The van der Waals surface area contributed by atoms with Gasteiger partial charge in [-0.1, -0.05) is 24.3 Å². The highest BCUT2D eigenvalue weighted by Gasteiger charge is 2.19. The Morgan fingerprint density at radius 1 is 1.04 bits per heavy atom. The van der Waals surface area contributed by atoms with Gasteiger partial charge in [-0.15, -0.1) is 0 Å². The summed E-state index contributed by atoms with van der Waals surface area (Å²) in [5, 5.41) is 2.67. The maximum Gasteiger partial charge on any atom is 0.321 e. The van der Waals surface area contributed by atoms with Crippen molar-refractivity contribution in [3.05, 3.63) is 65.0 Å². The number of primary amides is 1. The number of hydrogen-bond donors (Lipinski definition) is 2. The third-order valence-electron chi connectivity index (χ3n) is 4.19. The Bertz CT molecular complexity index is 765. The first-order valence-electron chi connectivity index (χ1n) is 7.76. The fourth-order valence-electron chi connectivity index (χ4n) is 2.87. The Labute approximate surface area is 139 Å². The molecule has 0 radical (unpaired) electrons. The first-order valence-corrected chi connectivity index (χ1v) is 7.76. The van der Waals surface area contributed by atoms with Crippen molar-refractivity contribution < 1.29 is 14.0 Å². The topological polar surface area (TPSA) is 75.4 Å². The van der Waals surface area contributed by atoms with Gasteiger partial charge in [-0.05, 0) is 42.2 Å². The van der Waals surface area contributed by atoms with E-state index >= 15 is 0 Å². The van der Waals surface area contributed by atoms with Crippen molar-refractivity contribution in [1.29, 1.82) is 0 Å². The highest BCUT2D eigenvalue weighted by Crippen LogP contribution is 2.18. The molecular formula is C18H18FN3O2. The number of urea groups is 1. The zero-order valence-corrected chi connectivity index (χ0v) is 13.1. The Morgan fingerprint density at radius 2 is 1.67 bits per heavy atom. The molecule has 0 atom stereocenters. The lowest BCUT2D eigenvalue weighted by atomic mass is 10.0. The van der Waals surface area contributed by atoms with Crippen LogP contribution in [0.25, 0.3) is 0 Å². The molecule has 0 saturated heterocycles. The summed E-state index contributed by atoms with van der Waals surface area (Å²) >= 11 is 0. The molecule has 1 heterocycles. The number of carbonyl (C=O) groups excluding carboxylic acids is 2. The van der Waals surface area contributed by atoms with Crippen LogP contribution in [0.1, 0.15) is 21.5 Å². The van der Waals surface area contributed by atoms with Crippen LogP contribution >= 0.6 is 0 Å². The first kappa shape index (κ1) is 16.0. The second-order valence-electron chi connectivity index (χ2n) is 5.74.